The Balaban J connectivity index is 4.38. The molecule has 0 radical (unpaired) electrons. The van der Waals surface area contributed by atoms with Gasteiger partial charge in [-0.2, -0.15) is 0 Å². The molecule has 0 aliphatic heterocycles. The number of carbonyl (C=O) groups is 3. The van der Waals surface area contributed by atoms with Crippen molar-refractivity contribution >= 4 is 17.9 Å². The van der Waals surface area contributed by atoms with Crippen LogP contribution in [0.15, 0.2) is 97.2 Å². The van der Waals surface area contributed by atoms with Crippen LogP contribution in [0.25, 0.3) is 0 Å². The van der Waals surface area contributed by atoms with Crippen molar-refractivity contribution in [3.05, 3.63) is 97.2 Å². The molecule has 1 atom stereocenters. The molecule has 0 aromatic heterocycles. The van der Waals surface area contributed by atoms with Crippen LogP contribution in [0.3, 0.4) is 0 Å². The molecule has 1 unspecified atom stereocenters. The highest BCUT2D eigenvalue weighted by Gasteiger charge is 2.19. The van der Waals surface area contributed by atoms with Gasteiger partial charge >= 0.3 is 17.9 Å². The summed E-state index contributed by atoms with van der Waals surface area (Å²) in [6.07, 6.45) is 90.2. The van der Waals surface area contributed by atoms with Crippen LogP contribution in [0.4, 0.5) is 0 Å². The highest BCUT2D eigenvalue weighted by atomic mass is 16.6. The standard InChI is InChI=1S/C73H126O6/c1-4-7-10-13-16-19-22-25-28-30-32-34-35-36-37-39-40-42-45-48-51-54-57-60-63-66-72(75)78-69-70(68-77-71(74)65-62-59-56-53-50-47-44-27-24-21-18-15-12-9-6-3)79-73(76)67-64-61-58-55-52-49-46-43-41-38-33-31-29-26-23-20-17-14-11-8-5-2/h9,12,18,21,23,26-27,30-33,44,50,53,59,62,70H,4-8,10-11,13-17,19-20,22,24-25,28-29,34-43,45-49,51-52,54-58,60-61,63-69H2,1-3H3/b12-9-,21-18-,26-23-,32-30-,33-31-,44-27-,53-50-,62-59-. The van der Waals surface area contributed by atoms with Crippen molar-refractivity contribution in [2.45, 2.75) is 335 Å². The fourth-order valence-electron chi connectivity index (χ4n) is 9.54. The van der Waals surface area contributed by atoms with Gasteiger partial charge in [-0.05, 0) is 103 Å². The summed E-state index contributed by atoms with van der Waals surface area (Å²) in [4.78, 5) is 38.3. The summed E-state index contributed by atoms with van der Waals surface area (Å²) in [6, 6.07) is 0. The summed E-state index contributed by atoms with van der Waals surface area (Å²) in [6.45, 7) is 6.46. The Bertz CT molecular complexity index is 1540. The van der Waals surface area contributed by atoms with Gasteiger partial charge in [0, 0.05) is 12.8 Å². The van der Waals surface area contributed by atoms with Gasteiger partial charge in [0.05, 0.1) is 6.42 Å². The van der Waals surface area contributed by atoms with Gasteiger partial charge in [-0.3, -0.25) is 14.4 Å². The molecule has 0 saturated carbocycles. The number of ether oxygens (including phenoxy) is 3. The molecular weight excluding hydrogens is 973 g/mol. The number of unbranched alkanes of at least 4 members (excludes halogenated alkanes) is 35. The van der Waals surface area contributed by atoms with Crippen molar-refractivity contribution < 1.29 is 28.6 Å². The van der Waals surface area contributed by atoms with Gasteiger partial charge in [0.25, 0.3) is 0 Å². The number of hydrogen-bond donors (Lipinski definition) is 0. The fourth-order valence-corrected chi connectivity index (χ4v) is 9.54. The normalized spacial score (nSPS) is 12.7. The molecule has 79 heavy (non-hydrogen) atoms. The van der Waals surface area contributed by atoms with E-state index in [-0.39, 0.29) is 31.6 Å². The molecule has 0 aliphatic rings. The maximum atomic E-state index is 12.9. The number of esters is 3. The van der Waals surface area contributed by atoms with E-state index in [1.165, 1.54) is 212 Å². The summed E-state index contributed by atoms with van der Waals surface area (Å²) >= 11 is 0. The molecule has 0 saturated heterocycles. The first kappa shape index (κ1) is 75.3. The van der Waals surface area contributed by atoms with Gasteiger partial charge in [-0.1, -0.05) is 304 Å². The van der Waals surface area contributed by atoms with E-state index in [1.54, 1.807) is 6.08 Å². The van der Waals surface area contributed by atoms with Gasteiger partial charge in [0.1, 0.15) is 13.2 Å². The SMILES string of the molecule is CC/C=C\C/C=C\C/C=C\C/C=C\C/C=C\CC(=O)OCC(COC(=O)CCCCCCCCCCCCCCC/C=C\CCCCCCCCCC)OC(=O)CCCCCCCCCCC/C=C\C/C=C\CCCCCCC. The average molecular weight is 1100 g/mol. The first-order valence-corrected chi connectivity index (χ1v) is 33.7. The monoisotopic (exact) mass is 1100 g/mol. The Morgan fingerprint density at radius 3 is 0.899 bits per heavy atom. The van der Waals surface area contributed by atoms with Crippen molar-refractivity contribution in [3.63, 3.8) is 0 Å². The summed E-state index contributed by atoms with van der Waals surface area (Å²) in [5.74, 6) is -1.03. The van der Waals surface area contributed by atoms with Crippen LogP contribution < -0.4 is 0 Å². The van der Waals surface area contributed by atoms with Crippen molar-refractivity contribution in [1.29, 1.82) is 0 Å². The van der Waals surface area contributed by atoms with Gasteiger partial charge in [-0.25, -0.2) is 0 Å². The molecule has 6 heteroatoms. The molecular formula is C73H126O6. The molecule has 0 fully saturated rings. The summed E-state index contributed by atoms with van der Waals surface area (Å²) in [5, 5.41) is 0. The van der Waals surface area contributed by atoms with Crippen LogP contribution >= 0.6 is 0 Å². The Kier molecular flexibility index (Phi) is 63.7. The Morgan fingerprint density at radius 2 is 0.544 bits per heavy atom. The Morgan fingerprint density at radius 1 is 0.278 bits per heavy atom. The molecule has 0 aromatic rings. The molecule has 0 rings (SSSR count). The van der Waals surface area contributed by atoms with Gasteiger partial charge in [0.2, 0.25) is 0 Å². The lowest BCUT2D eigenvalue weighted by Gasteiger charge is -2.18. The van der Waals surface area contributed by atoms with Gasteiger partial charge in [0.15, 0.2) is 6.10 Å². The second-order valence-corrected chi connectivity index (χ2v) is 22.4. The summed E-state index contributed by atoms with van der Waals surface area (Å²) in [7, 11) is 0. The van der Waals surface area contributed by atoms with Crippen molar-refractivity contribution in [1.82, 2.24) is 0 Å². The number of rotatable bonds is 61. The molecule has 454 valence electrons. The Hall–Kier alpha value is -3.67. The van der Waals surface area contributed by atoms with Gasteiger partial charge in [-0.15, -0.1) is 0 Å². The van der Waals surface area contributed by atoms with E-state index in [0.29, 0.717) is 12.8 Å². The van der Waals surface area contributed by atoms with E-state index < -0.39 is 12.1 Å². The van der Waals surface area contributed by atoms with Crippen LogP contribution in [-0.4, -0.2) is 37.2 Å². The van der Waals surface area contributed by atoms with E-state index >= 15 is 0 Å². The second-order valence-electron chi connectivity index (χ2n) is 22.4. The fraction of sp³-hybridized carbons (Fsp3) is 0.740. The zero-order valence-corrected chi connectivity index (χ0v) is 52.1. The number of allylic oxidation sites excluding steroid dienone is 15. The predicted molar refractivity (Wildman–Crippen MR) is 344 cm³/mol. The van der Waals surface area contributed by atoms with Crippen molar-refractivity contribution in [3.8, 4) is 0 Å². The maximum Gasteiger partial charge on any atom is 0.309 e. The van der Waals surface area contributed by atoms with E-state index in [4.69, 9.17) is 14.2 Å². The van der Waals surface area contributed by atoms with E-state index in [1.807, 2.05) is 6.08 Å². The van der Waals surface area contributed by atoms with E-state index in [9.17, 15) is 14.4 Å². The van der Waals surface area contributed by atoms with Crippen LogP contribution in [0, 0.1) is 0 Å². The molecule has 0 N–H and O–H groups in total. The topological polar surface area (TPSA) is 78.9 Å². The molecule has 6 nitrogen and oxygen atoms in total. The minimum atomic E-state index is -0.822. The minimum Gasteiger partial charge on any atom is -0.462 e. The average Bonchev–Trinajstić information content (AvgIpc) is 3.45. The van der Waals surface area contributed by atoms with Crippen molar-refractivity contribution in [2.75, 3.05) is 13.2 Å². The minimum absolute atomic E-state index is 0.108. The molecule has 0 aliphatic carbocycles. The van der Waals surface area contributed by atoms with Crippen LogP contribution in [0.1, 0.15) is 329 Å². The summed E-state index contributed by atoms with van der Waals surface area (Å²) in [5.41, 5.74) is 0. The van der Waals surface area contributed by atoms with Crippen molar-refractivity contribution in [2.24, 2.45) is 0 Å². The highest BCUT2D eigenvalue weighted by molar-refractivity contribution is 5.72. The van der Waals surface area contributed by atoms with Crippen LogP contribution in [0.5, 0.6) is 0 Å². The quantitative estimate of drug-likeness (QED) is 0.0261. The molecule has 0 heterocycles. The number of carbonyl (C=O) groups excluding carboxylic acids is 3. The predicted octanol–water partition coefficient (Wildman–Crippen LogP) is 23.2. The lowest BCUT2D eigenvalue weighted by Crippen LogP contribution is -2.30. The zero-order chi connectivity index (χ0) is 57.1. The third kappa shape index (κ3) is 65.0. The second kappa shape index (κ2) is 66.8. The van der Waals surface area contributed by atoms with Gasteiger partial charge < -0.3 is 14.2 Å². The molecule has 0 bridgehead atoms. The number of hydrogen-bond acceptors (Lipinski definition) is 6. The third-order valence-corrected chi connectivity index (χ3v) is 14.6. The van der Waals surface area contributed by atoms with Crippen LogP contribution in [0.2, 0.25) is 0 Å². The molecule has 0 amide bonds. The third-order valence-electron chi connectivity index (χ3n) is 14.6. The molecule has 0 aromatic carbocycles. The maximum absolute atomic E-state index is 12.9. The smallest absolute Gasteiger partial charge is 0.309 e. The zero-order valence-electron chi connectivity index (χ0n) is 52.1. The van der Waals surface area contributed by atoms with E-state index in [0.717, 1.165) is 77.0 Å². The first-order chi connectivity index (χ1) is 39.0. The lowest BCUT2D eigenvalue weighted by atomic mass is 10.0. The molecule has 0 spiro atoms. The highest BCUT2D eigenvalue weighted by Crippen LogP contribution is 2.17. The Labute approximate surface area is 489 Å². The van der Waals surface area contributed by atoms with E-state index in [2.05, 4.69) is 106 Å². The van der Waals surface area contributed by atoms with Crippen LogP contribution in [-0.2, 0) is 28.6 Å². The summed E-state index contributed by atoms with van der Waals surface area (Å²) < 4.78 is 16.8. The first-order valence-electron chi connectivity index (χ1n) is 33.7. The largest absolute Gasteiger partial charge is 0.462 e. The lowest BCUT2D eigenvalue weighted by molar-refractivity contribution is -0.166.